The van der Waals surface area contributed by atoms with Crippen molar-refractivity contribution in [3.8, 4) is 6.07 Å². The first-order valence-electron chi connectivity index (χ1n) is 7.27. The zero-order valence-corrected chi connectivity index (χ0v) is 12.6. The molecule has 5 nitrogen and oxygen atoms in total. The highest BCUT2D eigenvalue weighted by Gasteiger charge is 2.46. The Hall–Kier alpha value is -2.61. The third-order valence-corrected chi connectivity index (χ3v) is 4.02. The van der Waals surface area contributed by atoms with Crippen LogP contribution in [-0.4, -0.2) is 15.7 Å². The summed E-state index contributed by atoms with van der Waals surface area (Å²) in [4.78, 5) is 12.2. The second kappa shape index (κ2) is 5.64. The number of esters is 1. The van der Waals surface area contributed by atoms with Gasteiger partial charge in [0.25, 0.3) is 0 Å². The van der Waals surface area contributed by atoms with Crippen molar-refractivity contribution in [1.29, 1.82) is 5.26 Å². The van der Waals surface area contributed by atoms with Gasteiger partial charge in [-0.25, -0.2) is 0 Å². The standard InChI is InChI=1S/C17H17N3O2/c1-11(13-5-3-4-12(6-13)8-18)22-17(21)16-7-15(16)14-9-19-20(2)10-14/h3-6,9-11,15-16H,7H2,1-2H3/t11-,15-,16-/m0/s1. The predicted octanol–water partition coefficient (Wildman–Crippen LogP) is 2.70. The molecule has 0 amide bonds. The van der Waals surface area contributed by atoms with Gasteiger partial charge in [-0.2, -0.15) is 10.4 Å². The van der Waals surface area contributed by atoms with Gasteiger partial charge >= 0.3 is 5.97 Å². The zero-order valence-electron chi connectivity index (χ0n) is 12.6. The number of hydrogen-bond donors (Lipinski definition) is 0. The average Bonchev–Trinajstić information content (AvgIpc) is 3.22. The number of aromatic nitrogens is 2. The van der Waals surface area contributed by atoms with Gasteiger partial charge in [-0.3, -0.25) is 9.48 Å². The van der Waals surface area contributed by atoms with Crippen LogP contribution in [0.3, 0.4) is 0 Å². The minimum absolute atomic E-state index is 0.0780. The molecule has 1 heterocycles. The van der Waals surface area contributed by atoms with Gasteiger partial charge in [0.2, 0.25) is 0 Å². The van der Waals surface area contributed by atoms with E-state index in [-0.39, 0.29) is 23.9 Å². The fraction of sp³-hybridized carbons (Fsp3) is 0.353. The molecule has 0 saturated heterocycles. The van der Waals surface area contributed by atoms with Crippen molar-refractivity contribution in [3.63, 3.8) is 0 Å². The first kappa shape index (κ1) is 14.3. The van der Waals surface area contributed by atoms with E-state index in [4.69, 9.17) is 10.00 Å². The van der Waals surface area contributed by atoms with E-state index in [1.54, 1.807) is 29.1 Å². The Morgan fingerprint density at radius 1 is 1.55 bits per heavy atom. The number of benzene rings is 1. The molecule has 22 heavy (non-hydrogen) atoms. The molecule has 1 aromatic heterocycles. The molecule has 0 aliphatic heterocycles. The second-order valence-corrected chi connectivity index (χ2v) is 5.71. The fourth-order valence-corrected chi connectivity index (χ4v) is 2.65. The van der Waals surface area contributed by atoms with Crippen molar-refractivity contribution in [1.82, 2.24) is 9.78 Å². The van der Waals surface area contributed by atoms with Crippen LogP contribution in [0.4, 0.5) is 0 Å². The number of nitriles is 1. The Kier molecular flexibility index (Phi) is 3.68. The van der Waals surface area contributed by atoms with Gasteiger partial charge < -0.3 is 4.74 Å². The number of hydrogen-bond acceptors (Lipinski definition) is 4. The molecule has 0 N–H and O–H groups in total. The lowest BCUT2D eigenvalue weighted by molar-refractivity contribution is -0.150. The normalized spacial score (nSPS) is 21.0. The summed E-state index contributed by atoms with van der Waals surface area (Å²) in [5.41, 5.74) is 2.50. The molecule has 3 rings (SSSR count). The second-order valence-electron chi connectivity index (χ2n) is 5.71. The molecule has 0 bridgehead atoms. The zero-order chi connectivity index (χ0) is 15.7. The Balaban J connectivity index is 1.61. The van der Waals surface area contributed by atoms with E-state index < -0.39 is 0 Å². The molecule has 0 unspecified atom stereocenters. The largest absolute Gasteiger partial charge is 0.458 e. The van der Waals surface area contributed by atoms with Crippen molar-refractivity contribution < 1.29 is 9.53 Å². The summed E-state index contributed by atoms with van der Waals surface area (Å²) < 4.78 is 7.28. The SMILES string of the molecule is C[C@H](OC(=O)[C@H]1C[C@H]1c1cnn(C)c1)c1cccc(C#N)c1. The summed E-state index contributed by atoms with van der Waals surface area (Å²) in [5.74, 6) is -0.0339. The van der Waals surface area contributed by atoms with Crippen LogP contribution in [0.15, 0.2) is 36.7 Å². The molecule has 112 valence electrons. The summed E-state index contributed by atoms with van der Waals surface area (Å²) in [5, 5.41) is 13.1. The molecule has 0 radical (unpaired) electrons. The summed E-state index contributed by atoms with van der Waals surface area (Å²) in [6, 6.07) is 9.24. The highest BCUT2D eigenvalue weighted by molar-refractivity contribution is 5.77. The fourth-order valence-electron chi connectivity index (χ4n) is 2.65. The monoisotopic (exact) mass is 295 g/mol. The maximum Gasteiger partial charge on any atom is 0.310 e. The van der Waals surface area contributed by atoms with Gasteiger partial charge in [0.05, 0.1) is 23.7 Å². The van der Waals surface area contributed by atoms with Crippen LogP contribution >= 0.6 is 0 Å². The molecule has 0 spiro atoms. The maximum absolute atomic E-state index is 12.2. The number of carbonyl (C=O) groups is 1. The van der Waals surface area contributed by atoms with Crippen LogP contribution < -0.4 is 0 Å². The van der Waals surface area contributed by atoms with Crippen molar-refractivity contribution in [2.75, 3.05) is 0 Å². The van der Waals surface area contributed by atoms with E-state index in [0.29, 0.717) is 5.56 Å². The van der Waals surface area contributed by atoms with Gasteiger partial charge in [-0.1, -0.05) is 12.1 Å². The Morgan fingerprint density at radius 3 is 3.05 bits per heavy atom. The Labute approximate surface area is 129 Å². The number of nitrogens with zero attached hydrogens (tertiary/aromatic N) is 3. The van der Waals surface area contributed by atoms with Crippen LogP contribution in [-0.2, 0) is 16.6 Å². The first-order valence-corrected chi connectivity index (χ1v) is 7.27. The number of carbonyl (C=O) groups excluding carboxylic acids is 1. The van der Waals surface area contributed by atoms with Gasteiger partial charge in [0.1, 0.15) is 6.10 Å². The molecule has 1 saturated carbocycles. The van der Waals surface area contributed by atoms with Crippen molar-refractivity contribution in [3.05, 3.63) is 53.3 Å². The number of aryl methyl sites for hydroxylation is 1. The van der Waals surface area contributed by atoms with E-state index in [2.05, 4.69) is 11.2 Å². The minimum atomic E-state index is -0.351. The van der Waals surface area contributed by atoms with E-state index in [1.807, 2.05) is 26.2 Å². The molecule has 1 aliphatic rings. The molecule has 1 fully saturated rings. The molecule has 1 aromatic carbocycles. The first-order chi connectivity index (χ1) is 10.6. The highest BCUT2D eigenvalue weighted by Crippen LogP contribution is 2.48. The van der Waals surface area contributed by atoms with E-state index in [1.165, 1.54) is 0 Å². The van der Waals surface area contributed by atoms with E-state index in [9.17, 15) is 4.79 Å². The van der Waals surface area contributed by atoms with Crippen molar-refractivity contribution >= 4 is 5.97 Å². The van der Waals surface area contributed by atoms with E-state index in [0.717, 1.165) is 17.5 Å². The lowest BCUT2D eigenvalue weighted by Crippen LogP contribution is -2.11. The molecule has 5 heteroatoms. The van der Waals surface area contributed by atoms with Crippen LogP contribution in [0, 0.1) is 17.2 Å². The molecule has 2 aromatic rings. The lowest BCUT2D eigenvalue weighted by Gasteiger charge is -2.13. The Morgan fingerprint density at radius 2 is 2.36 bits per heavy atom. The molecular weight excluding hydrogens is 278 g/mol. The van der Waals surface area contributed by atoms with Gasteiger partial charge in [0, 0.05) is 19.2 Å². The van der Waals surface area contributed by atoms with Crippen LogP contribution in [0.2, 0.25) is 0 Å². The summed E-state index contributed by atoms with van der Waals surface area (Å²) >= 11 is 0. The third kappa shape index (κ3) is 2.86. The van der Waals surface area contributed by atoms with E-state index >= 15 is 0 Å². The summed E-state index contributed by atoms with van der Waals surface area (Å²) in [6.07, 6.45) is 4.21. The van der Waals surface area contributed by atoms with Gasteiger partial charge in [-0.15, -0.1) is 0 Å². The minimum Gasteiger partial charge on any atom is -0.458 e. The highest BCUT2D eigenvalue weighted by atomic mass is 16.5. The average molecular weight is 295 g/mol. The predicted molar refractivity (Wildman–Crippen MR) is 79.7 cm³/mol. The topological polar surface area (TPSA) is 67.9 Å². The summed E-state index contributed by atoms with van der Waals surface area (Å²) in [7, 11) is 1.86. The quantitative estimate of drug-likeness (QED) is 0.813. The molecular formula is C17H17N3O2. The molecule has 3 atom stereocenters. The van der Waals surface area contributed by atoms with Crippen molar-refractivity contribution in [2.24, 2.45) is 13.0 Å². The smallest absolute Gasteiger partial charge is 0.310 e. The molecule has 1 aliphatic carbocycles. The van der Waals surface area contributed by atoms with Crippen molar-refractivity contribution in [2.45, 2.75) is 25.4 Å². The number of rotatable bonds is 4. The maximum atomic E-state index is 12.2. The third-order valence-electron chi connectivity index (χ3n) is 4.02. The van der Waals surface area contributed by atoms with Crippen LogP contribution in [0.1, 0.15) is 42.1 Å². The van der Waals surface area contributed by atoms with Gasteiger partial charge in [-0.05, 0) is 36.6 Å². The van der Waals surface area contributed by atoms with Crippen LogP contribution in [0.5, 0.6) is 0 Å². The number of ether oxygens (including phenoxy) is 1. The summed E-state index contributed by atoms with van der Waals surface area (Å²) in [6.45, 7) is 1.83. The van der Waals surface area contributed by atoms with Crippen LogP contribution in [0.25, 0.3) is 0 Å². The lowest BCUT2D eigenvalue weighted by atomic mass is 10.1. The Bertz CT molecular complexity index is 744. The van der Waals surface area contributed by atoms with Gasteiger partial charge in [0.15, 0.2) is 0 Å².